The molecule has 0 saturated carbocycles. The number of aliphatic hydroxyl groups is 2. The number of aliphatic hydroxyl groups excluding tert-OH is 2. The van der Waals surface area contributed by atoms with E-state index in [-0.39, 0.29) is 10.4 Å². The maximum atomic E-state index is 13.8. The van der Waals surface area contributed by atoms with E-state index in [4.69, 9.17) is 33.5 Å². The van der Waals surface area contributed by atoms with Crippen LogP contribution in [-0.4, -0.2) is 62.8 Å². The van der Waals surface area contributed by atoms with Crippen molar-refractivity contribution < 1.29 is 40.8 Å². The molecule has 3 rings (SSSR count). The Balaban J connectivity index is 1.90. The molecule has 1 aliphatic heterocycles. The lowest BCUT2D eigenvalue weighted by Gasteiger charge is -2.25. The van der Waals surface area contributed by atoms with Gasteiger partial charge in [-0.05, 0) is 39.8 Å². The van der Waals surface area contributed by atoms with Crippen molar-refractivity contribution in [2.24, 2.45) is 0 Å². The highest BCUT2D eigenvalue weighted by atomic mass is 32.1. The summed E-state index contributed by atoms with van der Waals surface area (Å²) in [5, 5.41) is 23.6. The molecule has 2 heterocycles. The third-order valence-corrected chi connectivity index (χ3v) is 6.90. The summed E-state index contributed by atoms with van der Waals surface area (Å²) < 4.78 is 53.0. The first-order chi connectivity index (χ1) is 17.6. The van der Waals surface area contributed by atoms with Gasteiger partial charge in [0.2, 0.25) is 0 Å². The average molecular weight is 546 g/mol. The van der Waals surface area contributed by atoms with Gasteiger partial charge in [-0.25, -0.2) is 9.36 Å². The van der Waals surface area contributed by atoms with Crippen LogP contribution in [0.25, 0.3) is 0 Å². The van der Waals surface area contributed by atoms with Crippen LogP contribution < -0.4 is 15.3 Å². The first kappa shape index (κ1) is 25.3. The highest BCUT2D eigenvalue weighted by Gasteiger charge is 2.46. The summed E-state index contributed by atoms with van der Waals surface area (Å²) in [5.41, 5.74) is -0.309. The molecule has 1 saturated heterocycles. The Hall–Kier alpha value is -2.38. The summed E-state index contributed by atoms with van der Waals surface area (Å²) >= 11 is 5.01. The summed E-state index contributed by atoms with van der Waals surface area (Å²) in [5.74, 6) is -0.777. The van der Waals surface area contributed by atoms with E-state index in [2.05, 4.69) is 10.1 Å². The summed E-state index contributed by atoms with van der Waals surface area (Å²) in [6.45, 7) is 3.08. The number of aromatic nitrogens is 2. The Kier molecular flexibility index (Phi) is 8.27. The highest BCUT2D eigenvalue weighted by molar-refractivity contribution is 7.71. The molecule has 1 aliphatic rings. The third kappa shape index (κ3) is 6.88. The van der Waals surface area contributed by atoms with Gasteiger partial charge in [0.05, 0.1) is 15.4 Å². The molecule has 4 N–H and O–H groups in total. The second-order valence-electron chi connectivity index (χ2n) is 8.35. The van der Waals surface area contributed by atoms with Gasteiger partial charge in [0.1, 0.15) is 34.7 Å². The lowest BCUT2D eigenvalue weighted by atomic mass is 10.1. The van der Waals surface area contributed by atoms with Crippen molar-refractivity contribution in [3.05, 3.63) is 57.2 Å². The van der Waals surface area contributed by atoms with Crippen molar-refractivity contribution in [2.45, 2.75) is 64.4 Å². The van der Waals surface area contributed by atoms with Crippen molar-refractivity contribution in [1.82, 2.24) is 14.6 Å². The number of H-pyrrole nitrogens is 1. The molecule has 1 unspecified atom stereocenters. The number of nitrogens with one attached hydrogen (secondary N) is 2. The Morgan fingerprint density at radius 2 is 1.97 bits per heavy atom. The van der Waals surface area contributed by atoms with E-state index >= 15 is 0 Å². The van der Waals surface area contributed by atoms with Crippen LogP contribution in [0, 0.1) is 11.6 Å². The monoisotopic (exact) mass is 545 g/mol. The maximum absolute atomic E-state index is 13.8. The molecule has 1 aromatic heterocycles. The largest absolute Gasteiger partial charge is 0.462 e. The third-order valence-electron chi connectivity index (χ3n) is 4.97. The average Bonchev–Trinajstić information content (AvgIpc) is 3.11. The number of para-hydroxylation sites is 1. The Morgan fingerprint density at radius 3 is 2.61 bits per heavy atom. The van der Waals surface area contributed by atoms with Crippen molar-refractivity contribution >= 4 is 25.9 Å². The molecule has 6 atom stereocenters. The van der Waals surface area contributed by atoms with Crippen molar-refractivity contribution in [2.75, 3.05) is 6.56 Å². The molecule has 198 valence electrons. The topological polar surface area (TPSA) is 161 Å². The number of carbonyl (C=O) groups is 1. The number of hydrogen-bond acceptors (Lipinski definition) is 10. The standard InChI is InChI=1S/C22H30N3O9PS/c1-12(2)32-21(28)14(4)24-35(30,34-15-8-6-5-7-9-15)31-11-16-17(26)18(27)20(33-16)25-10-13(3)19(36)23-22(25)29/h5-10,12,14,16-18,20,26-27H,11H2,1-4H3,(H,24,30)(H,23,29,36)/t14-,16-,17?,18+,20-,35-/m0/s1/i11D2. The van der Waals surface area contributed by atoms with E-state index in [0.717, 1.165) is 4.57 Å². The number of esters is 1. The van der Waals surface area contributed by atoms with Crippen LogP contribution in [0.2, 0.25) is 0 Å². The van der Waals surface area contributed by atoms with Crippen LogP contribution in [0.5, 0.6) is 5.75 Å². The van der Waals surface area contributed by atoms with Gasteiger partial charge in [0.15, 0.2) is 6.23 Å². The van der Waals surface area contributed by atoms with E-state index < -0.39 is 62.7 Å². The lowest BCUT2D eigenvalue weighted by Crippen LogP contribution is -2.38. The molecule has 12 nitrogen and oxygen atoms in total. The summed E-state index contributed by atoms with van der Waals surface area (Å²) in [7, 11) is -4.72. The quantitative estimate of drug-likeness (QED) is 0.196. The minimum atomic E-state index is -4.72. The zero-order chi connectivity index (χ0) is 28.4. The second-order valence-corrected chi connectivity index (χ2v) is 10.4. The zero-order valence-corrected chi connectivity index (χ0v) is 21.7. The number of ether oxygens (including phenoxy) is 2. The van der Waals surface area contributed by atoms with E-state index in [1.165, 1.54) is 25.3 Å². The zero-order valence-electron chi connectivity index (χ0n) is 22.0. The molecule has 36 heavy (non-hydrogen) atoms. The fourth-order valence-electron chi connectivity index (χ4n) is 3.20. The molecule has 14 heteroatoms. The first-order valence-corrected chi connectivity index (χ1v) is 13.0. The summed E-state index contributed by atoms with van der Waals surface area (Å²) in [6.07, 6.45) is -6.36. The predicted octanol–water partition coefficient (Wildman–Crippen LogP) is 1.97. The molecule has 0 spiro atoms. The Bertz CT molecular complexity index is 1310. The number of carbonyl (C=O) groups excluding carboxylic acids is 1. The maximum Gasteiger partial charge on any atom is 0.459 e. The van der Waals surface area contributed by atoms with E-state index in [0.29, 0.717) is 5.56 Å². The van der Waals surface area contributed by atoms with Crippen LogP contribution in [0.15, 0.2) is 41.3 Å². The smallest absolute Gasteiger partial charge is 0.459 e. The number of benzene rings is 1. The molecule has 0 aliphatic carbocycles. The molecule has 0 radical (unpaired) electrons. The van der Waals surface area contributed by atoms with Crippen LogP contribution in [-0.2, 0) is 23.4 Å². The molecule has 0 bridgehead atoms. The van der Waals surface area contributed by atoms with Crippen molar-refractivity contribution in [3.63, 3.8) is 0 Å². The minimum absolute atomic E-state index is 0.0240. The van der Waals surface area contributed by atoms with E-state index in [9.17, 15) is 24.4 Å². The molecular formula is C22H30N3O9PS. The number of rotatable bonds is 10. The second kappa shape index (κ2) is 11.8. The van der Waals surface area contributed by atoms with Crippen molar-refractivity contribution in [3.8, 4) is 5.75 Å². The van der Waals surface area contributed by atoms with Crippen LogP contribution in [0.1, 0.15) is 35.3 Å². The summed E-state index contributed by atoms with van der Waals surface area (Å²) in [6, 6.07) is 6.40. The van der Waals surface area contributed by atoms with Crippen molar-refractivity contribution in [1.29, 1.82) is 0 Å². The van der Waals surface area contributed by atoms with Gasteiger partial charge in [-0.1, -0.05) is 30.4 Å². The van der Waals surface area contributed by atoms with Crippen LogP contribution in [0.4, 0.5) is 0 Å². The van der Waals surface area contributed by atoms with Crippen LogP contribution in [0.3, 0.4) is 0 Å². The Labute approximate surface area is 215 Å². The van der Waals surface area contributed by atoms with Gasteiger partial charge < -0.3 is 24.2 Å². The molecule has 0 amide bonds. The molecule has 1 fully saturated rings. The lowest BCUT2D eigenvalue weighted by molar-refractivity contribution is -0.149. The van der Waals surface area contributed by atoms with E-state index in [1.807, 2.05) is 0 Å². The number of hydrogen-bond donors (Lipinski definition) is 4. The highest BCUT2D eigenvalue weighted by Crippen LogP contribution is 2.46. The van der Waals surface area contributed by atoms with Gasteiger partial charge >= 0.3 is 19.4 Å². The molecule has 1 aromatic carbocycles. The first-order valence-electron chi connectivity index (χ1n) is 12.0. The fraction of sp³-hybridized carbons (Fsp3) is 0.500. The minimum Gasteiger partial charge on any atom is -0.462 e. The normalized spacial score (nSPS) is 25.5. The fourth-order valence-corrected chi connectivity index (χ4v) is 4.70. The van der Waals surface area contributed by atoms with Gasteiger partial charge in [-0.3, -0.25) is 18.9 Å². The van der Waals surface area contributed by atoms with Gasteiger partial charge in [-0.15, -0.1) is 0 Å². The van der Waals surface area contributed by atoms with E-state index in [1.54, 1.807) is 39.0 Å². The number of aryl methyl sites for hydroxylation is 1. The number of nitrogens with zero attached hydrogens (tertiary/aromatic N) is 1. The number of aromatic amines is 1. The van der Waals surface area contributed by atoms with Gasteiger partial charge in [0, 0.05) is 11.8 Å². The van der Waals surface area contributed by atoms with Gasteiger partial charge in [-0.2, -0.15) is 5.09 Å². The van der Waals surface area contributed by atoms with Crippen LogP contribution >= 0.6 is 20.0 Å². The Morgan fingerprint density at radius 1 is 1.31 bits per heavy atom. The molecule has 2 aromatic rings. The predicted molar refractivity (Wildman–Crippen MR) is 131 cm³/mol. The van der Waals surface area contributed by atoms with Gasteiger partial charge in [0.25, 0.3) is 0 Å². The summed E-state index contributed by atoms with van der Waals surface area (Å²) in [4.78, 5) is 27.1. The SMILES string of the molecule is [2H]C([2H])(O[P@@](=O)(N[C@@H](C)C(=O)OC(C)C)Oc1ccccc1)[C@@H]1O[C@H](n2cc(C)c(=S)[nH]c2=O)[C@H](O)C1O. The molecular weight excluding hydrogens is 513 g/mol.